The van der Waals surface area contributed by atoms with Gasteiger partial charge in [-0.25, -0.2) is 9.78 Å². The summed E-state index contributed by atoms with van der Waals surface area (Å²) in [5.41, 5.74) is -0.263. The number of carbonyl (C=O) groups is 2. The molecule has 0 spiro atoms. The van der Waals surface area contributed by atoms with Crippen LogP contribution >= 0.6 is 0 Å². The molecule has 8 nitrogen and oxygen atoms in total. The average molecular weight is 337 g/mol. The topological polar surface area (TPSA) is 98.8 Å². The molecule has 0 bridgehead atoms. The van der Waals surface area contributed by atoms with E-state index in [0.29, 0.717) is 23.9 Å². The van der Waals surface area contributed by atoms with E-state index >= 15 is 0 Å². The van der Waals surface area contributed by atoms with Crippen LogP contribution in [-0.2, 0) is 14.3 Å². The van der Waals surface area contributed by atoms with Gasteiger partial charge >= 0.3 is 6.09 Å². The van der Waals surface area contributed by atoms with Gasteiger partial charge in [-0.05, 0) is 20.8 Å². The first-order valence-corrected chi connectivity index (χ1v) is 7.75. The second kappa shape index (κ2) is 7.48. The van der Waals surface area contributed by atoms with Crippen LogP contribution in [0.5, 0.6) is 5.75 Å². The number of hydrogen-bond acceptors (Lipinski definition) is 6. The standard InChI is InChI=1S/C16H23N3O5/c1-10(20)18-14-7-12(19-15(21)24-16(2,3)4)13(8-17-14)23-9-11-5-6-22-11/h7-8,11H,5-6,9H2,1-4H3,(H2,17,18,19,20,21). The van der Waals surface area contributed by atoms with Crippen molar-refractivity contribution in [3.05, 3.63) is 12.3 Å². The number of rotatable bonds is 5. The van der Waals surface area contributed by atoms with Gasteiger partial charge in [0.05, 0.1) is 18.0 Å². The van der Waals surface area contributed by atoms with Gasteiger partial charge in [0.1, 0.15) is 18.0 Å². The highest BCUT2D eigenvalue weighted by Gasteiger charge is 2.21. The summed E-state index contributed by atoms with van der Waals surface area (Å²) in [5.74, 6) is 0.425. The van der Waals surface area contributed by atoms with Crippen LogP contribution in [0.15, 0.2) is 12.3 Å². The van der Waals surface area contributed by atoms with Crippen LogP contribution in [-0.4, -0.2) is 41.9 Å². The molecule has 2 amide bonds. The highest BCUT2D eigenvalue weighted by Crippen LogP contribution is 2.28. The number of pyridine rings is 1. The Balaban J connectivity index is 2.11. The Morgan fingerprint density at radius 2 is 2.08 bits per heavy atom. The molecule has 1 aliphatic heterocycles. The predicted octanol–water partition coefficient (Wildman–Crippen LogP) is 2.55. The minimum atomic E-state index is -0.627. The first-order valence-electron chi connectivity index (χ1n) is 7.75. The van der Waals surface area contributed by atoms with Crippen LogP contribution < -0.4 is 15.4 Å². The van der Waals surface area contributed by atoms with Crippen molar-refractivity contribution in [2.45, 2.75) is 45.8 Å². The minimum Gasteiger partial charge on any atom is -0.487 e. The molecule has 1 aromatic heterocycles. The third kappa shape index (κ3) is 5.69. The SMILES string of the molecule is CC(=O)Nc1cc(NC(=O)OC(C)(C)C)c(OCC2CCO2)cn1. The molecule has 2 heterocycles. The van der Waals surface area contributed by atoms with Gasteiger partial charge in [-0.3, -0.25) is 10.1 Å². The zero-order valence-electron chi connectivity index (χ0n) is 14.3. The molecule has 2 N–H and O–H groups in total. The van der Waals surface area contributed by atoms with Gasteiger partial charge in [-0.1, -0.05) is 0 Å². The Labute approximate surface area is 140 Å². The lowest BCUT2D eigenvalue weighted by Crippen LogP contribution is -2.33. The average Bonchev–Trinajstić information content (AvgIpc) is 2.36. The molecule has 0 saturated carbocycles. The quantitative estimate of drug-likeness (QED) is 0.857. The van der Waals surface area contributed by atoms with Crippen LogP contribution in [0.3, 0.4) is 0 Å². The van der Waals surface area contributed by atoms with Crippen molar-refractivity contribution in [3.63, 3.8) is 0 Å². The van der Waals surface area contributed by atoms with E-state index in [2.05, 4.69) is 15.6 Å². The van der Waals surface area contributed by atoms with E-state index in [-0.39, 0.29) is 12.0 Å². The Kier molecular flexibility index (Phi) is 5.61. The number of ether oxygens (including phenoxy) is 3. The van der Waals surface area contributed by atoms with Gasteiger partial charge in [-0.15, -0.1) is 0 Å². The van der Waals surface area contributed by atoms with Gasteiger partial charge in [0.25, 0.3) is 0 Å². The van der Waals surface area contributed by atoms with Gasteiger partial charge in [0, 0.05) is 26.0 Å². The van der Waals surface area contributed by atoms with E-state index < -0.39 is 11.7 Å². The molecular formula is C16H23N3O5. The van der Waals surface area contributed by atoms with Crippen LogP contribution in [0, 0.1) is 0 Å². The molecule has 0 radical (unpaired) electrons. The van der Waals surface area contributed by atoms with Gasteiger partial charge < -0.3 is 19.5 Å². The molecular weight excluding hydrogens is 314 g/mol. The van der Waals surface area contributed by atoms with Gasteiger partial charge in [-0.2, -0.15) is 0 Å². The normalized spacial score (nSPS) is 16.8. The van der Waals surface area contributed by atoms with Crippen LogP contribution in [0.2, 0.25) is 0 Å². The zero-order valence-corrected chi connectivity index (χ0v) is 14.3. The third-order valence-electron chi connectivity index (χ3n) is 3.03. The summed E-state index contributed by atoms with van der Waals surface area (Å²) in [4.78, 5) is 27.3. The minimum absolute atomic E-state index is 0.0504. The predicted molar refractivity (Wildman–Crippen MR) is 88.2 cm³/mol. The maximum absolute atomic E-state index is 12.0. The second-order valence-corrected chi connectivity index (χ2v) is 6.47. The van der Waals surface area contributed by atoms with Crippen LogP contribution in [0.1, 0.15) is 34.1 Å². The van der Waals surface area contributed by atoms with Crippen molar-refractivity contribution in [1.29, 1.82) is 0 Å². The van der Waals surface area contributed by atoms with E-state index in [4.69, 9.17) is 14.2 Å². The van der Waals surface area contributed by atoms with Crippen LogP contribution in [0.4, 0.5) is 16.3 Å². The smallest absolute Gasteiger partial charge is 0.412 e. The molecule has 1 fully saturated rings. The van der Waals surface area contributed by atoms with Gasteiger partial charge in [0.15, 0.2) is 5.75 Å². The molecule has 132 valence electrons. The summed E-state index contributed by atoms with van der Waals surface area (Å²) in [6.45, 7) is 7.79. The monoisotopic (exact) mass is 337 g/mol. The van der Waals surface area contributed by atoms with Crippen molar-refractivity contribution < 1.29 is 23.8 Å². The molecule has 1 atom stereocenters. The number of anilines is 2. The molecule has 1 unspecified atom stereocenters. The van der Waals surface area contributed by atoms with Crippen LogP contribution in [0.25, 0.3) is 0 Å². The number of hydrogen-bond donors (Lipinski definition) is 2. The zero-order chi connectivity index (χ0) is 17.7. The summed E-state index contributed by atoms with van der Waals surface area (Å²) in [5, 5.41) is 5.18. The number of amides is 2. The maximum Gasteiger partial charge on any atom is 0.412 e. The first kappa shape index (κ1) is 18.0. The summed E-state index contributed by atoms with van der Waals surface area (Å²) in [6, 6.07) is 1.52. The lowest BCUT2D eigenvalue weighted by Gasteiger charge is -2.26. The van der Waals surface area contributed by atoms with E-state index in [1.54, 1.807) is 20.8 Å². The van der Waals surface area contributed by atoms with Crippen molar-refractivity contribution in [2.24, 2.45) is 0 Å². The van der Waals surface area contributed by atoms with Crippen molar-refractivity contribution in [1.82, 2.24) is 4.98 Å². The second-order valence-electron chi connectivity index (χ2n) is 6.47. The fourth-order valence-corrected chi connectivity index (χ4v) is 1.92. The van der Waals surface area contributed by atoms with Crippen molar-refractivity contribution in [3.8, 4) is 5.75 Å². The largest absolute Gasteiger partial charge is 0.487 e. The number of aromatic nitrogens is 1. The first-order chi connectivity index (χ1) is 11.2. The maximum atomic E-state index is 12.0. The number of nitrogens with zero attached hydrogens (tertiary/aromatic N) is 1. The molecule has 8 heteroatoms. The number of carbonyl (C=O) groups excluding carboxylic acids is 2. The molecule has 0 aromatic carbocycles. The Bertz CT molecular complexity index is 608. The summed E-state index contributed by atoms with van der Waals surface area (Å²) in [7, 11) is 0. The Hall–Kier alpha value is -2.35. The highest BCUT2D eigenvalue weighted by molar-refractivity contribution is 5.91. The third-order valence-corrected chi connectivity index (χ3v) is 3.03. The molecule has 1 aliphatic rings. The molecule has 2 rings (SSSR count). The Morgan fingerprint density at radius 1 is 1.38 bits per heavy atom. The fraction of sp³-hybridized carbons (Fsp3) is 0.562. The summed E-state index contributed by atoms with van der Waals surface area (Å²) >= 11 is 0. The van der Waals surface area contributed by atoms with E-state index in [0.717, 1.165) is 13.0 Å². The number of nitrogens with one attached hydrogen (secondary N) is 2. The highest BCUT2D eigenvalue weighted by atomic mass is 16.6. The van der Waals surface area contributed by atoms with E-state index in [1.807, 2.05) is 0 Å². The van der Waals surface area contributed by atoms with Crippen molar-refractivity contribution in [2.75, 3.05) is 23.8 Å². The van der Waals surface area contributed by atoms with Crippen molar-refractivity contribution >= 4 is 23.5 Å². The summed E-state index contributed by atoms with van der Waals surface area (Å²) < 4.78 is 16.2. The lowest BCUT2D eigenvalue weighted by atomic mass is 10.2. The van der Waals surface area contributed by atoms with E-state index in [9.17, 15) is 9.59 Å². The molecule has 1 saturated heterocycles. The Morgan fingerprint density at radius 3 is 2.62 bits per heavy atom. The molecule has 1 aromatic rings. The lowest BCUT2D eigenvalue weighted by molar-refractivity contribution is -0.114. The van der Waals surface area contributed by atoms with Gasteiger partial charge in [0.2, 0.25) is 5.91 Å². The molecule has 0 aliphatic carbocycles. The molecule has 24 heavy (non-hydrogen) atoms. The summed E-state index contributed by atoms with van der Waals surface area (Å²) in [6.07, 6.45) is 1.81. The van der Waals surface area contributed by atoms with E-state index in [1.165, 1.54) is 19.2 Å². The fourth-order valence-electron chi connectivity index (χ4n) is 1.92.